The van der Waals surface area contributed by atoms with Crippen LogP contribution in [0.4, 0.5) is 0 Å². The fraction of sp³-hybridized carbons (Fsp3) is 0.385. The summed E-state index contributed by atoms with van der Waals surface area (Å²) >= 11 is 0. The molecule has 1 atom stereocenters. The predicted octanol–water partition coefficient (Wildman–Crippen LogP) is 5.47. The highest BCUT2D eigenvalue weighted by molar-refractivity contribution is 6.18. The van der Waals surface area contributed by atoms with Crippen molar-refractivity contribution in [2.75, 3.05) is 13.2 Å². The molecule has 156 valence electrons. The second-order valence-electron chi connectivity index (χ2n) is 7.98. The molecule has 0 amide bonds. The quantitative estimate of drug-likeness (QED) is 0.411. The van der Waals surface area contributed by atoms with Gasteiger partial charge in [0, 0.05) is 22.4 Å². The lowest BCUT2D eigenvalue weighted by Crippen LogP contribution is -2.14. The minimum absolute atomic E-state index is 0.0859. The topological polar surface area (TPSA) is 52.6 Å². The van der Waals surface area contributed by atoms with E-state index >= 15 is 0 Å². The van der Waals surface area contributed by atoms with Crippen molar-refractivity contribution < 1.29 is 19.1 Å². The Bertz CT molecular complexity index is 1040. The van der Waals surface area contributed by atoms with Crippen molar-refractivity contribution in [3.05, 3.63) is 59.2 Å². The first-order valence-electron chi connectivity index (χ1n) is 11.0. The van der Waals surface area contributed by atoms with Crippen molar-refractivity contribution in [3.8, 4) is 11.5 Å². The standard InChI is InChI=1S/C26H28O4/c1-3-5-13-29-24-11-8-18-20(21-15-17(27)7-10-23(21)28)16-22-25(30-14-6-4-2)12-9-19(24)26(18)22/h7-12,15,20H,3-6,13-14,16H2,1-2H3. The van der Waals surface area contributed by atoms with E-state index < -0.39 is 0 Å². The van der Waals surface area contributed by atoms with Gasteiger partial charge in [0.1, 0.15) is 11.5 Å². The number of hydrogen-bond donors (Lipinski definition) is 0. The van der Waals surface area contributed by atoms with Crippen molar-refractivity contribution in [2.24, 2.45) is 0 Å². The van der Waals surface area contributed by atoms with Crippen LogP contribution in [0, 0.1) is 0 Å². The van der Waals surface area contributed by atoms with Gasteiger partial charge < -0.3 is 9.47 Å². The molecule has 4 nitrogen and oxygen atoms in total. The van der Waals surface area contributed by atoms with Crippen molar-refractivity contribution in [3.63, 3.8) is 0 Å². The van der Waals surface area contributed by atoms with Crippen LogP contribution in [0.25, 0.3) is 10.8 Å². The molecule has 2 aliphatic rings. The fourth-order valence-corrected chi connectivity index (χ4v) is 4.30. The van der Waals surface area contributed by atoms with Gasteiger partial charge >= 0.3 is 0 Å². The van der Waals surface area contributed by atoms with Crippen LogP contribution in [0.3, 0.4) is 0 Å². The Morgan fingerprint density at radius 2 is 1.60 bits per heavy atom. The zero-order chi connectivity index (χ0) is 21.1. The average Bonchev–Trinajstić information content (AvgIpc) is 3.13. The molecule has 0 spiro atoms. The largest absolute Gasteiger partial charge is 0.493 e. The Kier molecular flexibility index (Phi) is 6.03. The third-order valence-corrected chi connectivity index (χ3v) is 5.89. The van der Waals surface area contributed by atoms with Gasteiger partial charge in [0.25, 0.3) is 0 Å². The maximum Gasteiger partial charge on any atom is 0.182 e. The molecule has 0 fully saturated rings. The van der Waals surface area contributed by atoms with E-state index in [4.69, 9.17) is 9.47 Å². The maximum absolute atomic E-state index is 12.6. The van der Waals surface area contributed by atoms with Crippen molar-refractivity contribution in [2.45, 2.75) is 51.9 Å². The van der Waals surface area contributed by atoms with Crippen LogP contribution in [0.5, 0.6) is 11.5 Å². The number of carbonyl (C=O) groups excluding carboxylic acids is 2. The Morgan fingerprint density at radius 1 is 0.900 bits per heavy atom. The van der Waals surface area contributed by atoms with Gasteiger partial charge in [-0.1, -0.05) is 32.8 Å². The summed E-state index contributed by atoms with van der Waals surface area (Å²) in [7, 11) is 0. The van der Waals surface area contributed by atoms with Crippen LogP contribution in [-0.4, -0.2) is 24.8 Å². The van der Waals surface area contributed by atoms with Crippen molar-refractivity contribution in [1.29, 1.82) is 0 Å². The van der Waals surface area contributed by atoms with Gasteiger partial charge in [-0.05, 0) is 66.6 Å². The Balaban J connectivity index is 1.78. The molecule has 0 saturated heterocycles. The molecule has 0 saturated carbocycles. The highest BCUT2D eigenvalue weighted by atomic mass is 16.5. The Morgan fingerprint density at radius 3 is 2.33 bits per heavy atom. The third-order valence-electron chi connectivity index (χ3n) is 5.89. The first kappa shape index (κ1) is 20.4. The van der Waals surface area contributed by atoms with Gasteiger partial charge in [-0.15, -0.1) is 0 Å². The first-order chi connectivity index (χ1) is 14.6. The van der Waals surface area contributed by atoms with Crippen LogP contribution in [0.1, 0.15) is 56.6 Å². The van der Waals surface area contributed by atoms with Crippen molar-refractivity contribution in [1.82, 2.24) is 0 Å². The first-order valence-corrected chi connectivity index (χ1v) is 11.0. The molecule has 0 aromatic heterocycles. The summed E-state index contributed by atoms with van der Waals surface area (Å²) in [5.74, 6) is 1.39. The van der Waals surface area contributed by atoms with Crippen LogP contribution in [0.2, 0.25) is 0 Å². The summed E-state index contributed by atoms with van der Waals surface area (Å²) in [5, 5.41) is 2.16. The molecule has 0 radical (unpaired) electrons. The van der Waals surface area contributed by atoms with E-state index in [2.05, 4.69) is 26.0 Å². The summed E-state index contributed by atoms with van der Waals surface area (Å²) in [5.41, 5.74) is 2.76. The SMILES string of the molecule is CCCCOc1ccc2c(OCCCC)ccc3c2c1CC3C1=CC(=O)C=CC1=O. The molecular formula is C26H28O4. The maximum atomic E-state index is 12.6. The molecule has 0 N–H and O–H groups in total. The van der Waals surface area contributed by atoms with Gasteiger partial charge in [0.15, 0.2) is 11.6 Å². The van der Waals surface area contributed by atoms with E-state index in [-0.39, 0.29) is 17.5 Å². The monoisotopic (exact) mass is 404 g/mol. The molecule has 2 aliphatic carbocycles. The minimum atomic E-state index is -0.135. The third kappa shape index (κ3) is 3.79. The lowest BCUT2D eigenvalue weighted by molar-refractivity contribution is -0.114. The lowest BCUT2D eigenvalue weighted by Gasteiger charge is -2.16. The fourth-order valence-electron chi connectivity index (χ4n) is 4.30. The summed E-state index contributed by atoms with van der Waals surface area (Å²) in [6, 6.07) is 8.14. The number of ether oxygens (including phenoxy) is 2. The smallest absolute Gasteiger partial charge is 0.182 e. The van der Waals surface area contributed by atoms with E-state index in [0.29, 0.717) is 25.2 Å². The summed E-state index contributed by atoms with van der Waals surface area (Å²) < 4.78 is 12.2. The summed E-state index contributed by atoms with van der Waals surface area (Å²) in [4.78, 5) is 24.5. The van der Waals surface area contributed by atoms with E-state index in [1.54, 1.807) is 0 Å². The predicted molar refractivity (Wildman–Crippen MR) is 118 cm³/mol. The Hall–Kier alpha value is -2.88. The van der Waals surface area contributed by atoms with E-state index in [0.717, 1.165) is 59.1 Å². The number of ketones is 2. The van der Waals surface area contributed by atoms with Crippen LogP contribution >= 0.6 is 0 Å². The molecule has 4 rings (SSSR count). The molecule has 0 bridgehead atoms. The molecular weight excluding hydrogens is 376 g/mol. The second-order valence-corrected chi connectivity index (χ2v) is 7.98. The van der Waals surface area contributed by atoms with E-state index in [9.17, 15) is 9.59 Å². The number of allylic oxidation sites excluding steroid dienone is 4. The van der Waals surface area contributed by atoms with Gasteiger partial charge in [0.05, 0.1) is 13.2 Å². The highest BCUT2D eigenvalue weighted by Gasteiger charge is 2.34. The Labute approximate surface area is 177 Å². The number of rotatable bonds is 9. The molecule has 2 aromatic carbocycles. The van der Waals surface area contributed by atoms with Crippen LogP contribution in [-0.2, 0) is 16.0 Å². The average molecular weight is 405 g/mol. The van der Waals surface area contributed by atoms with Gasteiger partial charge in [-0.2, -0.15) is 0 Å². The zero-order valence-electron chi connectivity index (χ0n) is 17.7. The normalized spacial score (nSPS) is 17.5. The number of carbonyl (C=O) groups is 2. The zero-order valence-corrected chi connectivity index (χ0v) is 17.7. The van der Waals surface area contributed by atoms with Crippen LogP contribution in [0.15, 0.2) is 48.1 Å². The van der Waals surface area contributed by atoms with Crippen LogP contribution < -0.4 is 9.47 Å². The van der Waals surface area contributed by atoms with Gasteiger partial charge in [0.2, 0.25) is 0 Å². The molecule has 30 heavy (non-hydrogen) atoms. The molecule has 0 aliphatic heterocycles. The molecule has 0 heterocycles. The van der Waals surface area contributed by atoms with E-state index in [1.807, 2.05) is 12.1 Å². The summed E-state index contributed by atoms with van der Waals surface area (Å²) in [6.45, 7) is 5.64. The lowest BCUT2D eigenvalue weighted by atomic mass is 9.86. The van der Waals surface area contributed by atoms with Gasteiger partial charge in [-0.25, -0.2) is 0 Å². The molecule has 2 aromatic rings. The van der Waals surface area contributed by atoms with Crippen molar-refractivity contribution >= 4 is 22.3 Å². The van der Waals surface area contributed by atoms with E-state index in [1.165, 1.54) is 18.2 Å². The van der Waals surface area contributed by atoms with Gasteiger partial charge in [-0.3, -0.25) is 9.59 Å². The number of hydrogen-bond acceptors (Lipinski definition) is 4. The second kappa shape index (κ2) is 8.86. The molecule has 4 heteroatoms. The molecule has 1 unspecified atom stereocenters. The highest BCUT2D eigenvalue weighted by Crippen LogP contribution is 2.48. The summed E-state index contributed by atoms with van der Waals surface area (Å²) in [6.07, 6.45) is 9.04. The number of unbranched alkanes of at least 4 members (excludes halogenated alkanes) is 2. The minimum Gasteiger partial charge on any atom is -0.493 e. The number of benzene rings is 2.